The van der Waals surface area contributed by atoms with E-state index in [2.05, 4.69) is 41.1 Å². The molecule has 2 aromatic heterocycles. The van der Waals surface area contributed by atoms with Crippen LogP contribution in [0.4, 0.5) is 5.82 Å². The van der Waals surface area contributed by atoms with Crippen molar-refractivity contribution in [2.45, 2.75) is 32.7 Å². The normalized spacial score (nSPS) is 11.7. The van der Waals surface area contributed by atoms with Crippen LogP contribution in [0.5, 0.6) is 0 Å². The van der Waals surface area contributed by atoms with Crippen molar-refractivity contribution >= 4 is 39.0 Å². The van der Waals surface area contributed by atoms with Gasteiger partial charge in [0.15, 0.2) is 0 Å². The second-order valence-electron chi connectivity index (χ2n) is 5.19. The minimum Gasteiger partial charge on any atom is -0.369 e. The number of fused-ring (bicyclic) bond motifs is 1. The molecular weight excluding hydrogens is 292 g/mol. The summed E-state index contributed by atoms with van der Waals surface area (Å²) in [4.78, 5) is 11.8. The highest BCUT2D eigenvalue weighted by molar-refractivity contribution is 7.16. The average molecular weight is 313 g/mol. The summed E-state index contributed by atoms with van der Waals surface area (Å²) < 4.78 is 0. The molecule has 4 nitrogen and oxygen atoms in total. The van der Waals surface area contributed by atoms with Crippen LogP contribution in [0.25, 0.3) is 10.2 Å². The third-order valence-corrected chi connectivity index (χ3v) is 4.39. The van der Waals surface area contributed by atoms with Crippen LogP contribution < -0.4 is 5.32 Å². The standard InChI is InChI=1S/C14H21ClN4S/c1-10(2)19(3)8-5-4-7-16-12-11-6-9-20-13(11)18-14(15)17-12/h6,9-10H,4-5,7-8H2,1-3H3,(H,16,17,18). The maximum Gasteiger partial charge on any atom is 0.225 e. The zero-order chi connectivity index (χ0) is 14.5. The molecule has 0 unspecified atom stereocenters. The van der Waals surface area contributed by atoms with Crippen LogP contribution in [0.3, 0.4) is 0 Å². The molecule has 0 bridgehead atoms. The summed E-state index contributed by atoms with van der Waals surface area (Å²) in [5.41, 5.74) is 0. The van der Waals surface area contributed by atoms with Gasteiger partial charge in [-0.1, -0.05) is 0 Å². The fourth-order valence-corrected chi connectivity index (χ4v) is 2.90. The molecule has 0 aromatic carbocycles. The van der Waals surface area contributed by atoms with E-state index in [0.29, 0.717) is 11.3 Å². The molecule has 0 radical (unpaired) electrons. The molecule has 20 heavy (non-hydrogen) atoms. The number of aromatic nitrogens is 2. The summed E-state index contributed by atoms with van der Waals surface area (Å²) >= 11 is 7.52. The maximum absolute atomic E-state index is 5.93. The van der Waals surface area contributed by atoms with Gasteiger partial charge in [0.05, 0.1) is 5.39 Å². The molecule has 0 spiro atoms. The highest BCUT2D eigenvalue weighted by Gasteiger charge is 2.07. The smallest absolute Gasteiger partial charge is 0.225 e. The molecular formula is C14H21ClN4S. The number of unbranched alkanes of at least 4 members (excludes halogenated alkanes) is 1. The minimum absolute atomic E-state index is 0.307. The third kappa shape index (κ3) is 4.04. The van der Waals surface area contributed by atoms with E-state index in [1.807, 2.05) is 11.4 Å². The minimum atomic E-state index is 0.307. The van der Waals surface area contributed by atoms with Gasteiger partial charge in [-0.25, -0.2) is 9.97 Å². The van der Waals surface area contributed by atoms with Gasteiger partial charge in [-0.2, -0.15) is 0 Å². The van der Waals surface area contributed by atoms with Gasteiger partial charge >= 0.3 is 0 Å². The number of nitrogens with zero attached hydrogens (tertiary/aromatic N) is 3. The van der Waals surface area contributed by atoms with E-state index in [1.54, 1.807) is 11.3 Å². The largest absolute Gasteiger partial charge is 0.369 e. The van der Waals surface area contributed by atoms with Crippen molar-refractivity contribution in [3.05, 3.63) is 16.7 Å². The van der Waals surface area contributed by atoms with Crippen LogP contribution in [0.2, 0.25) is 5.28 Å². The first kappa shape index (κ1) is 15.5. The number of rotatable bonds is 7. The Kier molecular flexibility index (Phi) is 5.57. The summed E-state index contributed by atoms with van der Waals surface area (Å²) in [5.74, 6) is 0.846. The number of halogens is 1. The van der Waals surface area contributed by atoms with E-state index in [9.17, 15) is 0 Å². The van der Waals surface area contributed by atoms with Gasteiger partial charge in [-0.3, -0.25) is 0 Å². The van der Waals surface area contributed by atoms with Crippen LogP contribution in [0.15, 0.2) is 11.4 Å². The summed E-state index contributed by atoms with van der Waals surface area (Å²) in [6.07, 6.45) is 2.29. The van der Waals surface area contributed by atoms with Crippen LogP contribution in [0, 0.1) is 0 Å². The second kappa shape index (κ2) is 7.20. The van der Waals surface area contributed by atoms with Gasteiger partial charge in [0, 0.05) is 12.6 Å². The molecule has 0 amide bonds. The number of hydrogen-bond acceptors (Lipinski definition) is 5. The van der Waals surface area contributed by atoms with Crippen LogP contribution in [0.1, 0.15) is 26.7 Å². The second-order valence-corrected chi connectivity index (χ2v) is 6.42. The van der Waals surface area contributed by atoms with Crippen molar-refractivity contribution in [2.75, 3.05) is 25.5 Å². The highest BCUT2D eigenvalue weighted by Crippen LogP contribution is 2.26. The Morgan fingerprint density at radius 2 is 2.15 bits per heavy atom. The van der Waals surface area contributed by atoms with Crippen molar-refractivity contribution in [2.24, 2.45) is 0 Å². The molecule has 110 valence electrons. The summed E-state index contributed by atoms with van der Waals surface area (Å²) in [6, 6.07) is 2.64. The number of nitrogens with one attached hydrogen (secondary N) is 1. The van der Waals surface area contributed by atoms with Crippen LogP contribution >= 0.6 is 22.9 Å². The highest BCUT2D eigenvalue weighted by atomic mass is 35.5. The molecule has 0 aliphatic carbocycles. The topological polar surface area (TPSA) is 41.0 Å². The lowest BCUT2D eigenvalue weighted by atomic mass is 10.2. The first-order chi connectivity index (χ1) is 9.58. The molecule has 0 atom stereocenters. The quantitative estimate of drug-likeness (QED) is 0.622. The molecule has 2 aromatic rings. The Labute approximate surface area is 129 Å². The van der Waals surface area contributed by atoms with Crippen molar-refractivity contribution in [1.82, 2.24) is 14.9 Å². The molecule has 0 fully saturated rings. The van der Waals surface area contributed by atoms with Crippen molar-refractivity contribution in [3.63, 3.8) is 0 Å². The number of anilines is 1. The first-order valence-electron chi connectivity index (χ1n) is 6.93. The number of hydrogen-bond donors (Lipinski definition) is 1. The molecule has 1 N–H and O–H groups in total. The molecule has 2 heterocycles. The van der Waals surface area contributed by atoms with E-state index in [-0.39, 0.29) is 0 Å². The SMILES string of the molecule is CC(C)N(C)CCCCNc1nc(Cl)nc2sccc12. The molecule has 0 saturated heterocycles. The van der Waals surface area contributed by atoms with E-state index >= 15 is 0 Å². The monoisotopic (exact) mass is 312 g/mol. The third-order valence-electron chi connectivity index (χ3n) is 3.41. The summed E-state index contributed by atoms with van der Waals surface area (Å²) in [6.45, 7) is 6.46. The predicted molar refractivity (Wildman–Crippen MR) is 87.9 cm³/mol. The van der Waals surface area contributed by atoms with Gasteiger partial charge in [-0.05, 0) is 63.3 Å². The van der Waals surface area contributed by atoms with Crippen LogP contribution in [-0.2, 0) is 0 Å². The van der Waals surface area contributed by atoms with Gasteiger partial charge in [0.2, 0.25) is 5.28 Å². The van der Waals surface area contributed by atoms with Gasteiger partial charge in [0.1, 0.15) is 10.6 Å². The van der Waals surface area contributed by atoms with Gasteiger partial charge < -0.3 is 10.2 Å². The molecule has 0 aliphatic rings. The summed E-state index contributed by atoms with van der Waals surface area (Å²) in [7, 11) is 2.16. The average Bonchev–Trinajstić information content (AvgIpc) is 2.85. The Hall–Kier alpha value is -0.910. The van der Waals surface area contributed by atoms with Crippen molar-refractivity contribution < 1.29 is 0 Å². The fraction of sp³-hybridized carbons (Fsp3) is 0.571. The Morgan fingerprint density at radius 3 is 2.90 bits per heavy atom. The number of thiophene rings is 1. The van der Waals surface area contributed by atoms with E-state index in [1.165, 1.54) is 6.42 Å². The Balaban J connectivity index is 1.83. The lowest BCUT2D eigenvalue weighted by Crippen LogP contribution is -2.27. The van der Waals surface area contributed by atoms with Gasteiger partial charge in [0.25, 0.3) is 0 Å². The zero-order valence-electron chi connectivity index (χ0n) is 12.2. The molecule has 0 aliphatic heterocycles. The fourth-order valence-electron chi connectivity index (χ4n) is 1.92. The van der Waals surface area contributed by atoms with E-state index in [4.69, 9.17) is 11.6 Å². The lowest BCUT2D eigenvalue weighted by molar-refractivity contribution is 0.269. The predicted octanol–water partition coefficient (Wildman–Crippen LogP) is 3.88. The Morgan fingerprint density at radius 1 is 1.35 bits per heavy atom. The zero-order valence-corrected chi connectivity index (χ0v) is 13.8. The first-order valence-corrected chi connectivity index (χ1v) is 8.18. The van der Waals surface area contributed by atoms with Crippen LogP contribution in [-0.4, -0.2) is 41.0 Å². The van der Waals surface area contributed by atoms with E-state index < -0.39 is 0 Å². The molecule has 6 heteroatoms. The maximum atomic E-state index is 5.93. The Bertz CT molecular complexity index is 555. The lowest BCUT2D eigenvalue weighted by Gasteiger charge is -2.20. The molecule has 2 rings (SSSR count). The van der Waals surface area contributed by atoms with Gasteiger partial charge in [-0.15, -0.1) is 11.3 Å². The molecule has 0 saturated carbocycles. The van der Waals surface area contributed by atoms with Crippen molar-refractivity contribution in [3.8, 4) is 0 Å². The van der Waals surface area contributed by atoms with E-state index in [0.717, 1.165) is 35.5 Å². The van der Waals surface area contributed by atoms with Crippen molar-refractivity contribution in [1.29, 1.82) is 0 Å². The summed E-state index contributed by atoms with van der Waals surface area (Å²) in [5, 5.41) is 6.74.